The van der Waals surface area contributed by atoms with Crippen LogP contribution >= 0.6 is 0 Å². The molecule has 0 bridgehead atoms. The Morgan fingerprint density at radius 3 is 2.12 bits per heavy atom. The minimum Gasteiger partial charge on any atom is -0.282 e. The van der Waals surface area contributed by atoms with Gasteiger partial charge >= 0.3 is 0 Å². The van der Waals surface area contributed by atoms with Gasteiger partial charge in [-0.05, 0) is 25.7 Å². The highest BCUT2D eigenvalue weighted by Crippen LogP contribution is 2.16. The number of hydrogen-bond donors (Lipinski definition) is 1. The maximum absolute atomic E-state index is 11.1. The summed E-state index contributed by atoms with van der Waals surface area (Å²) in [4.78, 5) is 0.206. The van der Waals surface area contributed by atoms with Crippen molar-refractivity contribution in [1.29, 1.82) is 0 Å². The van der Waals surface area contributed by atoms with E-state index in [9.17, 15) is 8.42 Å². The highest BCUT2D eigenvalue weighted by Gasteiger charge is 2.12. The van der Waals surface area contributed by atoms with Crippen LogP contribution < -0.4 is 0 Å². The molecule has 3 nitrogen and oxygen atoms in total. The third-order valence-corrected chi connectivity index (χ3v) is 3.57. The molecule has 1 N–H and O–H groups in total. The molecule has 0 fully saturated rings. The van der Waals surface area contributed by atoms with Gasteiger partial charge in [0.25, 0.3) is 10.1 Å². The lowest BCUT2D eigenvalue weighted by Gasteiger charge is -2.03. The maximum atomic E-state index is 11.1. The third kappa shape index (κ3) is 7.88. The van der Waals surface area contributed by atoms with E-state index >= 15 is 0 Å². The Bertz CT molecular complexity index is 291. The third-order valence-electron chi connectivity index (χ3n) is 2.54. The summed E-state index contributed by atoms with van der Waals surface area (Å²) in [6.07, 6.45) is 8.99. The summed E-state index contributed by atoms with van der Waals surface area (Å²) in [5.41, 5.74) is 0. The van der Waals surface area contributed by atoms with E-state index in [1.54, 1.807) is 6.08 Å². The Balaban J connectivity index is 4.21. The van der Waals surface area contributed by atoms with E-state index in [0.717, 1.165) is 44.9 Å². The molecule has 0 aromatic rings. The van der Waals surface area contributed by atoms with E-state index in [-0.39, 0.29) is 4.91 Å². The predicted molar refractivity (Wildman–Crippen MR) is 67.9 cm³/mol. The van der Waals surface area contributed by atoms with E-state index in [4.69, 9.17) is 4.55 Å². The van der Waals surface area contributed by atoms with E-state index in [1.807, 2.05) is 0 Å². The first kappa shape index (κ1) is 15.7. The van der Waals surface area contributed by atoms with Gasteiger partial charge in [-0.1, -0.05) is 45.6 Å². The molecule has 96 valence electrons. The second-order valence-corrected chi connectivity index (χ2v) is 5.57. The minimum absolute atomic E-state index is 0.206. The van der Waals surface area contributed by atoms with Gasteiger partial charge in [-0.3, -0.25) is 4.55 Å². The molecule has 0 aromatic heterocycles. The zero-order valence-electron chi connectivity index (χ0n) is 10.4. The standard InChI is InChI=1S/C12H24O3S/c1-3-5-7-9-11-12(16(13,14)15)10-8-6-4-2/h11H,3-10H2,1-2H3,(H,13,14,15). The fourth-order valence-corrected chi connectivity index (χ4v) is 2.27. The van der Waals surface area contributed by atoms with Crippen LogP contribution in [0.2, 0.25) is 0 Å². The highest BCUT2D eigenvalue weighted by atomic mass is 32.2. The number of hydrogen-bond acceptors (Lipinski definition) is 2. The molecule has 0 atom stereocenters. The van der Waals surface area contributed by atoms with E-state index < -0.39 is 10.1 Å². The maximum Gasteiger partial charge on any atom is 0.290 e. The van der Waals surface area contributed by atoms with Crippen LogP contribution in [0, 0.1) is 0 Å². The van der Waals surface area contributed by atoms with Crippen LogP contribution in [0.3, 0.4) is 0 Å². The van der Waals surface area contributed by atoms with E-state index in [0.29, 0.717) is 6.42 Å². The molecule has 0 aliphatic carbocycles. The zero-order valence-corrected chi connectivity index (χ0v) is 11.2. The monoisotopic (exact) mass is 248 g/mol. The molecular formula is C12H24O3S. The average molecular weight is 248 g/mol. The Labute approximate surface area is 99.7 Å². The summed E-state index contributed by atoms with van der Waals surface area (Å²) in [7, 11) is -3.97. The van der Waals surface area contributed by atoms with Crippen LogP contribution in [0.25, 0.3) is 0 Å². The topological polar surface area (TPSA) is 54.4 Å². The van der Waals surface area contributed by atoms with Gasteiger partial charge in [0.15, 0.2) is 0 Å². The van der Waals surface area contributed by atoms with Crippen molar-refractivity contribution in [2.24, 2.45) is 0 Å². The second kappa shape index (κ2) is 8.76. The van der Waals surface area contributed by atoms with Crippen LogP contribution in [-0.2, 0) is 10.1 Å². The smallest absolute Gasteiger partial charge is 0.282 e. The normalized spacial score (nSPS) is 13.1. The molecular weight excluding hydrogens is 224 g/mol. The van der Waals surface area contributed by atoms with Crippen LogP contribution in [0.1, 0.15) is 65.2 Å². The van der Waals surface area contributed by atoms with Crippen LogP contribution in [0.15, 0.2) is 11.0 Å². The molecule has 0 aliphatic heterocycles. The molecule has 0 spiro atoms. The van der Waals surface area contributed by atoms with Crippen molar-refractivity contribution in [2.45, 2.75) is 65.2 Å². The van der Waals surface area contributed by atoms with Gasteiger partial charge in [0, 0.05) is 0 Å². The van der Waals surface area contributed by atoms with Gasteiger partial charge in [0.1, 0.15) is 0 Å². The van der Waals surface area contributed by atoms with Crippen molar-refractivity contribution in [2.75, 3.05) is 0 Å². The molecule has 0 aliphatic rings. The van der Waals surface area contributed by atoms with Gasteiger partial charge < -0.3 is 0 Å². The summed E-state index contributed by atoms with van der Waals surface area (Å²) in [6.45, 7) is 4.17. The van der Waals surface area contributed by atoms with Gasteiger partial charge in [0.05, 0.1) is 4.91 Å². The summed E-state index contributed by atoms with van der Waals surface area (Å²) in [5.74, 6) is 0. The Hall–Kier alpha value is -0.350. The molecule has 0 radical (unpaired) electrons. The number of allylic oxidation sites excluding steroid dienone is 2. The second-order valence-electron chi connectivity index (χ2n) is 4.10. The Kier molecular flexibility index (Phi) is 8.57. The largest absolute Gasteiger partial charge is 0.290 e. The summed E-state index contributed by atoms with van der Waals surface area (Å²) in [6, 6.07) is 0. The lowest BCUT2D eigenvalue weighted by Crippen LogP contribution is -2.02. The summed E-state index contributed by atoms with van der Waals surface area (Å²) < 4.78 is 31.2. The van der Waals surface area contributed by atoms with Crippen LogP contribution in [0.4, 0.5) is 0 Å². The van der Waals surface area contributed by atoms with E-state index in [2.05, 4.69) is 13.8 Å². The van der Waals surface area contributed by atoms with Gasteiger partial charge in [-0.2, -0.15) is 8.42 Å². The minimum atomic E-state index is -3.97. The van der Waals surface area contributed by atoms with Crippen LogP contribution in [-0.4, -0.2) is 13.0 Å². The molecule has 4 heteroatoms. The van der Waals surface area contributed by atoms with Crippen molar-refractivity contribution < 1.29 is 13.0 Å². The summed E-state index contributed by atoms with van der Waals surface area (Å²) >= 11 is 0. The highest BCUT2D eigenvalue weighted by molar-refractivity contribution is 7.89. The lowest BCUT2D eigenvalue weighted by molar-refractivity contribution is 0.487. The van der Waals surface area contributed by atoms with Crippen molar-refractivity contribution in [1.82, 2.24) is 0 Å². The fourth-order valence-electron chi connectivity index (χ4n) is 1.54. The first-order valence-corrected chi connectivity index (χ1v) is 7.62. The number of unbranched alkanes of at least 4 members (excludes halogenated alkanes) is 5. The predicted octanol–water partition coefficient (Wildman–Crippen LogP) is 3.92. The SMILES string of the molecule is CCCCCC=C(CCCCC)S(=O)(=O)O. The first-order valence-electron chi connectivity index (χ1n) is 6.18. The molecule has 0 heterocycles. The summed E-state index contributed by atoms with van der Waals surface area (Å²) in [5, 5.41) is 0. The molecule has 0 amide bonds. The Morgan fingerprint density at radius 2 is 1.62 bits per heavy atom. The van der Waals surface area contributed by atoms with E-state index in [1.165, 1.54) is 0 Å². The molecule has 0 unspecified atom stereocenters. The molecule has 0 rings (SSSR count). The van der Waals surface area contributed by atoms with Gasteiger partial charge in [-0.15, -0.1) is 0 Å². The van der Waals surface area contributed by atoms with Gasteiger partial charge in [-0.25, -0.2) is 0 Å². The van der Waals surface area contributed by atoms with Crippen LogP contribution in [0.5, 0.6) is 0 Å². The molecule has 0 saturated heterocycles. The fraction of sp³-hybridized carbons (Fsp3) is 0.833. The number of rotatable bonds is 9. The first-order chi connectivity index (χ1) is 7.52. The quantitative estimate of drug-likeness (QED) is 0.497. The average Bonchev–Trinajstić information content (AvgIpc) is 2.20. The molecule has 0 saturated carbocycles. The van der Waals surface area contributed by atoms with Crippen molar-refractivity contribution in [3.05, 3.63) is 11.0 Å². The Morgan fingerprint density at radius 1 is 1.06 bits per heavy atom. The van der Waals surface area contributed by atoms with Crippen molar-refractivity contribution >= 4 is 10.1 Å². The zero-order chi connectivity index (χ0) is 12.4. The van der Waals surface area contributed by atoms with Crippen molar-refractivity contribution in [3.63, 3.8) is 0 Å². The molecule has 0 aromatic carbocycles. The lowest BCUT2D eigenvalue weighted by atomic mass is 10.1. The van der Waals surface area contributed by atoms with Gasteiger partial charge in [0.2, 0.25) is 0 Å². The molecule has 16 heavy (non-hydrogen) atoms. The van der Waals surface area contributed by atoms with Crippen molar-refractivity contribution in [3.8, 4) is 0 Å².